The fourth-order valence-electron chi connectivity index (χ4n) is 2.79. The van der Waals surface area contributed by atoms with Crippen LogP contribution in [-0.2, 0) is 4.79 Å². The Morgan fingerprint density at radius 3 is 2.76 bits per heavy atom. The van der Waals surface area contributed by atoms with Gasteiger partial charge in [-0.1, -0.05) is 41.7 Å². The van der Waals surface area contributed by atoms with Crippen LogP contribution < -0.4 is 5.32 Å². The molecule has 0 saturated heterocycles. The SMILES string of the molecule is O=C(Nc1nnc(C2CC2)s1)/C(=C/c1ccco1)n1nnnc1-c1ccccc1. The van der Waals surface area contributed by atoms with Crippen LogP contribution >= 0.6 is 11.3 Å². The fraction of sp³-hybridized carbons (Fsp3) is 0.158. The fourth-order valence-corrected chi connectivity index (χ4v) is 3.70. The summed E-state index contributed by atoms with van der Waals surface area (Å²) in [6, 6.07) is 12.9. The normalized spacial score (nSPS) is 14.1. The largest absolute Gasteiger partial charge is 0.465 e. The number of nitrogens with zero attached hydrogens (tertiary/aromatic N) is 6. The minimum atomic E-state index is -0.413. The molecule has 0 aliphatic heterocycles. The first-order chi connectivity index (χ1) is 14.3. The summed E-state index contributed by atoms with van der Waals surface area (Å²) in [7, 11) is 0. The topological polar surface area (TPSA) is 112 Å². The highest BCUT2D eigenvalue weighted by atomic mass is 32.1. The average Bonchev–Trinajstić information content (AvgIpc) is 3.15. The first-order valence-electron chi connectivity index (χ1n) is 9.02. The number of benzene rings is 1. The van der Waals surface area contributed by atoms with Crippen molar-refractivity contribution in [1.29, 1.82) is 0 Å². The lowest BCUT2D eigenvalue weighted by Crippen LogP contribution is -2.19. The maximum atomic E-state index is 13.1. The third kappa shape index (κ3) is 3.69. The van der Waals surface area contributed by atoms with Crippen LogP contribution in [0.1, 0.15) is 29.5 Å². The highest BCUT2D eigenvalue weighted by Gasteiger charge is 2.28. The van der Waals surface area contributed by atoms with Gasteiger partial charge in [0.1, 0.15) is 16.5 Å². The van der Waals surface area contributed by atoms with E-state index in [-0.39, 0.29) is 5.70 Å². The van der Waals surface area contributed by atoms with E-state index in [1.54, 1.807) is 18.2 Å². The van der Waals surface area contributed by atoms with Gasteiger partial charge in [0.05, 0.1) is 6.26 Å². The van der Waals surface area contributed by atoms with E-state index < -0.39 is 5.91 Å². The van der Waals surface area contributed by atoms with Crippen LogP contribution in [0, 0.1) is 0 Å². The van der Waals surface area contributed by atoms with Crippen LogP contribution in [-0.4, -0.2) is 36.3 Å². The second-order valence-electron chi connectivity index (χ2n) is 6.50. The molecule has 1 saturated carbocycles. The highest BCUT2D eigenvalue weighted by molar-refractivity contribution is 7.15. The molecule has 1 amide bonds. The molecule has 1 aliphatic carbocycles. The number of hydrogen-bond acceptors (Lipinski definition) is 8. The predicted molar refractivity (Wildman–Crippen MR) is 107 cm³/mol. The minimum Gasteiger partial charge on any atom is -0.465 e. The molecule has 29 heavy (non-hydrogen) atoms. The van der Waals surface area contributed by atoms with E-state index in [4.69, 9.17) is 4.42 Å². The summed E-state index contributed by atoms with van der Waals surface area (Å²) >= 11 is 1.39. The molecule has 0 unspecified atom stereocenters. The van der Waals surface area contributed by atoms with Crippen molar-refractivity contribution >= 4 is 34.1 Å². The number of aromatic nitrogens is 6. The number of rotatable bonds is 6. The second-order valence-corrected chi connectivity index (χ2v) is 7.51. The summed E-state index contributed by atoms with van der Waals surface area (Å²) in [6.45, 7) is 0. The number of tetrazole rings is 1. The van der Waals surface area contributed by atoms with Crippen molar-refractivity contribution in [3.63, 3.8) is 0 Å². The molecular formula is C19H15N7O2S. The molecule has 1 fully saturated rings. The van der Waals surface area contributed by atoms with Gasteiger partial charge in [-0.15, -0.1) is 15.3 Å². The van der Waals surface area contributed by atoms with Crippen molar-refractivity contribution in [2.24, 2.45) is 0 Å². The molecule has 5 rings (SSSR count). The summed E-state index contributed by atoms with van der Waals surface area (Å²) in [5.41, 5.74) is 0.981. The van der Waals surface area contributed by atoms with Crippen LogP contribution in [0.15, 0.2) is 53.1 Å². The van der Waals surface area contributed by atoms with Gasteiger partial charge in [-0.25, -0.2) is 0 Å². The predicted octanol–water partition coefficient (Wildman–Crippen LogP) is 3.30. The Morgan fingerprint density at radius 1 is 1.14 bits per heavy atom. The van der Waals surface area contributed by atoms with Gasteiger partial charge in [0.15, 0.2) is 5.82 Å². The number of hydrogen-bond donors (Lipinski definition) is 1. The lowest BCUT2D eigenvalue weighted by Gasteiger charge is -2.08. The van der Waals surface area contributed by atoms with Crippen molar-refractivity contribution < 1.29 is 9.21 Å². The summed E-state index contributed by atoms with van der Waals surface area (Å²) < 4.78 is 6.77. The molecule has 0 atom stereocenters. The van der Waals surface area contributed by atoms with E-state index >= 15 is 0 Å². The van der Waals surface area contributed by atoms with Crippen LogP contribution in [0.4, 0.5) is 5.13 Å². The van der Waals surface area contributed by atoms with E-state index in [1.807, 2.05) is 30.3 Å². The molecular weight excluding hydrogens is 390 g/mol. The summed E-state index contributed by atoms with van der Waals surface area (Å²) in [5, 5.41) is 24.3. The summed E-state index contributed by atoms with van der Waals surface area (Å²) in [6.07, 6.45) is 5.36. The van der Waals surface area contributed by atoms with Crippen LogP contribution in [0.5, 0.6) is 0 Å². The van der Waals surface area contributed by atoms with E-state index in [1.165, 1.54) is 22.3 Å². The quantitative estimate of drug-likeness (QED) is 0.490. The Labute approximate surface area is 169 Å². The molecule has 3 heterocycles. The van der Waals surface area contributed by atoms with Crippen molar-refractivity contribution in [2.75, 3.05) is 5.32 Å². The van der Waals surface area contributed by atoms with Crippen LogP contribution in [0.25, 0.3) is 23.2 Å². The Balaban J connectivity index is 1.51. The molecule has 0 radical (unpaired) electrons. The highest BCUT2D eigenvalue weighted by Crippen LogP contribution is 2.42. The van der Waals surface area contributed by atoms with Crippen molar-refractivity contribution in [3.05, 3.63) is 59.5 Å². The molecule has 1 aromatic carbocycles. The van der Waals surface area contributed by atoms with E-state index in [0.29, 0.717) is 22.6 Å². The number of amides is 1. The molecule has 0 spiro atoms. The maximum absolute atomic E-state index is 13.1. The van der Waals surface area contributed by atoms with E-state index in [9.17, 15) is 4.79 Å². The van der Waals surface area contributed by atoms with E-state index in [0.717, 1.165) is 23.4 Å². The lowest BCUT2D eigenvalue weighted by molar-refractivity contribution is -0.111. The number of carbonyl (C=O) groups is 1. The Kier molecular flexibility index (Phi) is 4.45. The zero-order chi connectivity index (χ0) is 19.6. The van der Waals surface area contributed by atoms with Crippen molar-refractivity contribution in [1.82, 2.24) is 30.4 Å². The first-order valence-corrected chi connectivity index (χ1v) is 9.84. The van der Waals surface area contributed by atoms with Gasteiger partial charge in [-0.05, 0) is 35.4 Å². The van der Waals surface area contributed by atoms with Crippen LogP contribution in [0.3, 0.4) is 0 Å². The van der Waals surface area contributed by atoms with Gasteiger partial charge in [0.2, 0.25) is 5.13 Å². The first kappa shape index (κ1) is 17.4. The third-order valence-electron chi connectivity index (χ3n) is 4.37. The third-order valence-corrected chi connectivity index (χ3v) is 5.37. The second kappa shape index (κ2) is 7.40. The Bertz CT molecular complexity index is 1160. The van der Waals surface area contributed by atoms with Gasteiger partial charge < -0.3 is 4.42 Å². The van der Waals surface area contributed by atoms with Gasteiger partial charge in [0.25, 0.3) is 5.91 Å². The van der Waals surface area contributed by atoms with Crippen molar-refractivity contribution in [3.8, 4) is 11.4 Å². The number of carbonyl (C=O) groups excluding carboxylic acids is 1. The summed E-state index contributed by atoms with van der Waals surface area (Å²) in [5.74, 6) is 1.000. The van der Waals surface area contributed by atoms with E-state index in [2.05, 4.69) is 31.0 Å². The molecule has 144 valence electrons. The van der Waals surface area contributed by atoms with Gasteiger partial charge in [-0.2, -0.15) is 4.68 Å². The zero-order valence-electron chi connectivity index (χ0n) is 15.1. The van der Waals surface area contributed by atoms with Gasteiger partial charge in [-0.3, -0.25) is 10.1 Å². The van der Waals surface area contributed by atoms with Gasteiger partial charge in [0, 0.05) is 17.6 Å². The Morgan fingerprint density at radius 2 is 2.00 bits per heavy atom. The number of furan rings is 1. The minimum absolute atomic E-state index is 0.201. The number of nitrogens with one attached hydrogen (secondary N) is 1. The Hall–Kier alpha value is -3.66. The standard InChI is InChI=1S/C19H15N7O2S/c27-17(20-19-23-22-18(29-19)13-8-9-13)15(11-14-7-4-10-28-14)26-16(21-24-25-26)12-5-2-1-3-6-12/h1-7,10-11,13H,8-9H2,(H,20,23,27)/b15-11-. The monoisotopic (exact) mass is 405 g/mol. The molecule has 9 nitrogen and oxygen atoms in total. The van der Waals surface area contributed by atoms with Crippen LogP contribution in [0.2, 0.25) is 0 Å². The molecule has 0 bridgehead atoms. The molecule has 1 N–H and O–H groups in total. The molecule has 1 aliphatic rings. The molecule has 10 heteroatoms. The smallest absolute Gasteiger partial charge is 0.276 e. The molecule has 4 aromatic rings. The zero-order valence-corrected chi connectivity index (χ0v) is 15.9. The lowest BCUT2D eigenvalue weighted by atomic mass is 10.2. The maximum Gasteiger partial charge on any atom is 0.276 e. The van der Waals surface area contributed by atoms with Crippen molar-refractivity contribution in [2.45, 2.75) is 18.8 Å². The van der Waals surface area contributed by atoms with Gasteiger partial charge >= 0.3 is 0 Å². The summed E-state index contributed by atoms with van der Waals surface area (Å²) in [4.78, 5) is 13.1. The number of anilines is 1. The molecule has 3 aromatic heterocycles. The average molecular weight is 405 g/mol.